The first-order valence-electron chi connectivity index (χ1n) is 15.8. The van der Waals surface area contributed by atoms with Crippen LogP contribution in [0, 0.1) is 16.2 Å². The molecule has 236 valence electrons. The van der Waals surface area contributed by atoms with Crippen LogP contribution in [0.5, 0.6) is 0 Å². The Labute approximate surface area is 262 Å². The number of aliphatic hydroxyl groups is 3. The van der Waals surface area contributed by atoms with Gasteiger partial charge < -0.3 is 15.3 Å². The van der Waals surface area contributed by atoms with E-state index in [9.17, 15) is 15.3 Å². The Hall–Kier alpha value is -2.72. The summed E-state index contributed by atoms with van der Waals surface area (Å²) in [6.45, 7) is 21.2. The molecule has 0 unspecified atom stereocenters. The maximum absolute atomic E-state index is 10.9. The van der Waals surface area contributed by atoms with Crippen molar-refractivity contribution in [3.63, 3.8) is 0 Å². The molecule has 0 radical (unpaired) electrons. The van der Waals surface area contributed by atoms with Crippen LogP contribution in [0.1, 0.15) is 94.9 Å². The van der Waals surface area contributed by atoms with E-state index in [4.69, 9.17) is 0 Å². The van der Waals surface area contributed by atoms with Crippen LogP contribution in [0.3, 0.4) is 0 Å². The molecule has 43 heavy (non-hydrogen) atoms. The van der Waals surface area contributed by atoms with Crippen LogP contribution in [0.2, 0.25) is 0 Å². The van der Waals surface area contributed by atoms with Gasteiger partial charge in [0.1, 0.15) is 0 Å². The molecule has 2 aliphatic carbocycles. The lowest BCUT2D eigenvalue weighted by Crippen LogP contribution is -2.39. The van der Waals surface area contributed by atoms with Gasteiger partial charge in [0.15, 0.2) is 0 Å². The van der Waals surface area contributed by atoms with E-state index in [1.54, 1.807) is 0 Å². The van der Waals surface area contributed by atoms with Crippen LogP contribution in [0.4, 0.5) is 0 Å². The number of hydrogen-bond acceptors (Lipinski definition) is 3. The third kappa shape index (κ3) is 11.1. The summed E-state index contributed by atoms with van der Waals surface area (Å²) in [7, 11) is 0. The molecule has 3 heteroatoms. The van der Waals surface area contributed by atoms with E-state index >= 15 is 0 Å². The van der Waals surface area contributed by atoms with E-state index < -0.39 is 6.10 Å². The molecule has 0 bridgehead atoms. The van der Waals surface area contributed by atoms with Gasteiger partial charge in [-0.15, -0.1) is 0 Å². The van der Waals surface area contributed by atoms with E-state index in [0.717, 1.165) is 30.4 Å². The maximum atomic E-state index is 10.9. The topological polar surface area (TPSA) is 60.7 Å². The molecule has 0 aromatic rings. The highest BCUT2D eigenvalue weighted by molar-refractivity contribution is 5.38. The van der Waals surface area contributed by atoms with Gasteiger partial charge in [0, 0.05) is 5.41 Å². The van der Waals surface area contributed by atoms with Crippen LogP contribution in [-0.4, -0.2) is 33.6 Å². The summed E-state index contributed by atoms with van der Waals surface area (Å²) < 4.78 is 0. The zero-order valence-electron chi connectivity index (χ0n) is 28.5. The van der Waals surface area contributed by atoms with Gasteiger partial charge in [-0.05, 0) is 76.7 Å². The summed E-state index contributed by atoms with van der Waals surface area (Å²) in [6, 6.07) is 0. The van der Waals surface area contributed by atoms with Crippen molar-refractivity contribution in [1.82, 2.24) is 0 Å². The molecule has 0 aliphatic heterocycles. The highest BCUT2D eigenvalue weighted by Crippen LogP contribution is 2.54. The largest absolute Gasteiger partial charge is 0.393 e. The van der Waals surface area contributed by atoms with Gasteiger partial charge in [0.25, 0.3) is 0 Å². The zero-order valence-corrected chi connectivity index (χ0v) is 28.5. The van der Waals surface area contributed by atoms with Crippen molar-refractivity contribution in [2.24, 2.45) is 16.2 Å². The smallest absolute Gasteiger partial charge is 0.0783 e. The summed E-state index contributed by atoms with van der Waals surface area (Å²) >= 11 is 0. The highest BCUT2D eigenvalue weighted by Gasteiger charge is 2.52. The first-order chi connectivity index (χ1) is 20.0. The predicted molar refractivity (Wildman–Crippen MR) is 186 cm³/mol. The summed E-state index contributed by atoms with van der Waals surface area (Å²) in [5.41, 5.74) is 6.74. The van der Waals surface area contributed by atoms with Crippen molar-refractivity contribution in [3.8, 4) is 0 Å². The lowest BCUT2D eigenvalue weighted by atomic mass is 9.66. The first-order valence-corrected chi connectivity index (χ1v) is 15.8. The van der Waals surface area contributed by atoms with Gasteiger partial charge in [-0.3, -0.25) is 0 Å². The van der Waals surface area contributed by atoms with Gasteiger partial charge in [-0.2, -0.15) is 0 Å². The molecule has 4 atom stereocenters. The fourth-order valence-electron chi connectivity index (χ4n) is 6.37. The Morgan fingerprint density at radius 3 is 1.65 bits per heavy atom. The molecular weight excluding hydrogens is 528 g/mol. The number of allylic oxidation sites excluding steroid dienone is 18. The fourth-order valence-corrected chi connectivity index (χ4v) is 6.37. The average molecular weight is 587 g/mol. The van der Waals surface area contributed by atoms with E-state index in [2.05, 4.69) is 117 Å². The van der Waals surface area contributed by atoms with Crippen LogP contribution < -0.4 is 0 Å². The van der Waals surface area contributed by atoms with Crippen molar-refractivity contribution < 1.29 is 15.3 Å². The third-order valence-corrected chi connectivity index (χ3v) is 9.40. The van der Waals surface area contributed by atoms with Crippen LogP contribution in [-0.2, 0) is 0 Å². The lowest BCUT2D eigenvalue weighted by Gasteiger charge is -2.40. The molecule has 2 rings (SSSR count). The Balaban J connectivity index is 1.88. The van der Waals surface area contributed by atoms with Crippen molar-refractivity contribution in [1.29, 1.82) is 0 Å². The fraction of sp³-hybridized carbons (Fsp3) is 0.500. The molecule has 0 heterocycles. The van der Waals surface area contributed by atoms with Crippen molar-refractivity contribution in [2.45, 2.75) is 113 Å². The second-order valence-corrected chi connectivity index (χ2v) is 14.4. The Kier molecular flexibility index (Phi) is 13.4. The summed E-state index contributed by atoms with van der Waals surface area (Å²) in [5, 5.41) is 31.1. The average Bonchev–Trinajstić information content (AvgIpc) is 3.10. The summed E-state index contributed by atoms with van der Waals surface area (Å²) in [4.78, 5) is 0. The van der Waals surface area contributed by atoms with Crippen molar-refractivity contribution in [2.75, 3.05) is 0 Å². The molecular formula is C40H58O3. The maximum Gasteiger partial charge on any atom is 0.0783 e. The molecule has 1 saturated carbocycles. The summed E-state index contributed by atoms with van der Waals surface area (Å²) in [5.74, 6) is 0. The molecule has 0 amide bonds. The van der Waals surface area contributed by atoms with Crippen molar-refractivity contribution in [3.05, 3.63) is 119 Å². The minimum Gasteiger partial charge on any atom is -0.393 e. The highest BCUT2D eigenvalue weighted by atomic mass is 16.3. The summed E-state index contributed by atoms with van der Waals surface area (Å²) in [6.07, 6.45) is 30.7. The molecule has 0 aromatic carbocycles. The standard InChI is InChI=1S/C40H58O3/c1-29(17-13-19-31(3)21-23-36-33(5)25-34(41)26-38(36,6)7)15-11-12-16-30(2)18-14-20-32(4)22-24-37(43)40(10)28-35(42)27-39(40,8)9/h11-24,34-35,37,41-43H,25-28H2,1-10H3/b12-11+,17-13+,18-14+,23-21+,24-22+,29-15+,30-16+,31-19+,32-20+/t34-,35+,37-,40+/m1/s1. The Morgan fingerprint density at radius 2 is 1.16 bits per heavy atom. The molecule has 0 spiro atoms. The number of aliphatic hydroxyl groups excluding tert-OH is 3. The van der Waals surface area contributed by atoms with Gasteiger partial charge in [0.2, 0.25) is 0 Å². The van der Waals surface area contributed by atoms with E-state index in [-0.39, 0.29) is 28.5 Å². The molecule has 2 aliphatic rings. The van der Waals surface area contributed by atoms with E-state index in [1.165, 1.54) is 22.3 Å². The molecule has 0 aromatic heterocycles. The van der Waals surface area contributed by atoms with Crippen LogP contribution >= 0.6 is 0 Å². The second kappa shape index (κ2) is 15.8. The number of rotatable bonds is 11. The van der Waals surface area contributed by atoms with Crippen molar-refractivity contribution >= 4 is 0 Å². The minimum atomic E-state index is -0.598. The van der Waals surface area contributed by atoms with Crippen LogP contribution in [0.25, 0.3) is 0 Å². The quantitative estimate of drug-likeness (QED) is 0.211. The molecule has 0 saturated heterocycles. The second-order valence-electron chi connectivity index (χ2n) is 14.4. The van der Waals surface area contributed by atoms with E-state index in [0.29, 0.717) is 6.42 Å². The Bertz CT molecular complexity index is 1270. The van der Waals surface area contributed by atoms with Gasteiger partial charge >= 0.3 is 0 Å². The lowest BCUT2D eigenvalue weighted by molar-refractivity contribution is -0.000365. The molecule has 3 N–H and O–H groups in total. The van der Waals surface area contributed by atoms with E-state index in [1.807, 2.05) is 37.3 Å². The first kappa shape index (κ1) is 36.5. The monoisotopic (exact) mass is 586 g/mol. The van der Waals surface area contributed by atoms with Gasteiger partial charge in [-0.25, -0.2) is 0 Å². The van der Waals surface area contributed by atoms with Gasteiger partial charge in [0.05, 0.1) is 18.3 Å². The Morgan fingerprint density at radius 1 is 0.674 bits per heavy atom. The zero-order chi connectivity index (χ0) is 32.4. The predicted octanol–water partition coefficient (Wildman–Crippen LogP) is 9.60. The third-order valence-electron chi connectivity index (χ3n) is 9.40. The minimum absolute atomic E-state index is 0.00246. The molecule has 3 nitrogen and oxygen atoms in total. The van der Waals surface area contributed by atoms with Crippen LogP contribution in [0.15, 0.2) is 119 Å². The SMILES string of the molecule is CC1=C(/C=C/C(C)=C/C=C/C(C)=C/C=C/C=C(C)/C=C/C=C(C)/C=C/[C@@H](O)[C@]2(C)C[C@@H](O)CC2(C)C)C(C)(C)C[C@H](O)C1. The molecule has 1 fully saturated rings. The number of hydrogen-bond donors (Lipinski definition) is 3. The normalized spacial score (nSPS) is 28.6. The van der Waals surface area contributed by atoms with Gasteiger partial charge in [-0.1, -0.05) is 148 Å².